The van der Waals surface area contributed by atoms with Gasteiger partial charge in [-0.1, -0.05) is 30.3 Å². The Morgan fingerprint density at radius 1 is 0.841 bits per heavy atom. The van der Waals surface area contributed by atoms with E-state index in [1.54, 1.807) is 9.80 Å². The fraction of sp³-hybridized carbons (Fsp3) is 0.735. The fourth-order valence-corrected chi connectivity index (χ4v) is 6.60. The molecule has 44 heavy (non-hydrogen) atoms. The van der Waals surface area contributed by atoms with Gasteiger partial charge in [-0.25, -0.2) is 14.4 Å². The molecule has 2 saturated heterocycles. The van der Waals surface area contributed by atoms with Gasteiger partial charge in [0.1, 0.15) is 17.8 Å². The number of rotatable bonds is 6. The molecule has 1 aromatic rings. The number of hydrogen-bond acceptors (Lipinski definition) is 7. The predicted molar refractivity (Wildman–Crippen MR) is 169 cm³/mol. The molecule has 10 heteroatoms. The molecule has 0 aromatic heterocycles. The average molecular weight is 615 g/mol. The number of nitrogens with zero attached hydrogens (tertiary/aromatic N) is 3. The fourth-order valence-electron chi connectivity index (χ4n) is 6.60. The van der Waals surface area contributed by atoms with Crippen molar-refractivity contribution in [1.82, 2.24) is 20.0 Å². The van der Waals surface area contributed by atoms with Gasteiger partial charge in [-0.2, -0.15) is 0 Å². The lowest BCUT2D eigenvalue weighted by Gasteiger charge is -2.34. The van der Waals surface area contributed by atoms with Gasteiger partial charge in [0.2, 0.25) is 0 Å². The molecule has 246 valence electrons. The van der Waals surface area contributed by atoms with Gasteiger partial charge >= 0.3 is 18.3 Å². The van der Waals surface area contributed by atoms with E-state index in [1.807, 2.05) is 90.9 Å². The summed E-state index contributed by atoms with van der Waals surface area (Å²) in [5.41, 5.74) is -0.0487. The molecule has 2 aliphatic carbocycles. The summed E-state index contributed by atoms with van der Waals surface area (Å²) >= 11 is 0. The Kier molecular flexibility index (Phi) is 10.1. The maximum absolute atomic E-state index is 12.5. The van der Waals surface area contributed by atoms with E-state index in [-0.39, 0.29) is 41.9 Å². The standard InChI is InChI=1S/C21H30N2O4.C13H24N2O2/c1-20(2,3)27-18(24)22(4)21(11-12-21)17-10-13-23(14-17)19(25)26-15-16-8-6-5-7-9-16;1-12(2,3)17-11(16)15(4)13(6-7-13)10-5-8-14-9-10/h5-9,17H,10-15H2,1-4H3;10,14H,5-9H2,1-4H3/t17-;10-/m11/s1. The first-order valence-corrected chi connectivity index (χ1v) is 16.2. The zero-order valence-corrected chi connectivity index (χ0v) is 28.1. The molecule has 0 unspecified atom stereocenters. The maximum Gasteiger partial charge on any atom is 0.410 e. The van der Waals surface area contributed by atoms with Gasteiger partial charge in [0.15, 0.2) is 0 Å². The van der Waals surface area contributed by atoms with Crippen LogP contribution in [0, 0.1) is 11.8 Å². The second-order valence-electron chi connectivity index (χ2n) is 14.9. The van der Waals surface area contributed by atoms with E-state index in [9.17, 15) is 14.4 Å². The number of amides is 3. The third-order valence-electron chi connectivity index (χ3n) is 9.43. The topological polar surface area (TPSA) is 101 Å². The number of carbonyl (C=O) groups excluding carboxylic acids is 3. The molecule has 4 fully saturated rings. The van der Waals surface area contributed by atoms with Gasteiger partial charge in [-0.15, -0.1) is 0 Å². The Labute approximate surface area is 263 Å². The Hall–Kier alpha value is -3.01. The summed E-state index contributed by atoms with van der Waals surface area (Å²) in [6.45, 7) is 15.0. The number of nitrogens with one attached hydrogen (secondary N) is 1. The smallest absolute Gasteiger partial charge is 0.410 e. The first-order valence-electron chi connectivity index (χ1n) is 16.2. The lowest BCUT2D eigenvalue weighted by Crippen LogP contribution is -2.47. The van der Waals surface area contributed by atoms with Crippen LogP contribution >= 0.6 is 0 Å². The third kappa shape index (κ3) is 8.37. The Balaban J connectivity index is 0.000000223. The van der Waals surface area contributed by atoms with Crippen molar-refractivity contribution in [1.29, 1.82) is 0 Å². The normalized spacial score (nSPS) is 23.1. The minimum Gasteiger partial charge on any atom is -0.445 e. The monoisotopic (exact) mass is 614 g/mol. The lowest BCUT2D eigenvalue weighted by atomic mass is 9.95. The van der Waals surface area contributed by atoms with Gasteiger partial charge in [-0.05, 0) is 98.1 Å². The van der Waals surface area contributed by atoms with E-state index in [0.29, 0.717) is 19.0 Å². The molecule has 0 radical (unpaired) electrons. The highest BCUT2D eigenvalue weighted by Crippen LogP contribution is 2.51. The largest absolute Gasteiger partial charge is 0.445 e. The second kappa shape index (κ2) is 13.2. The van der Waals surface area contributed by atoms with Crippen molar-refractivity contribution in [3.63, 3.8) is 0 Å². The van der Waals surface area contributed by atoms with E-state index in [0.717, 1.165) is 50.8 Å². The minimum atomic E-state index is -0.510. The summed E-state index contributed by atoms with van der Waals surface area (Å²) in [6.07, 6.45) is 5.47. The van der Waals surface area contributed by atoms with Crippen molar-refractivity contribution in [3.8, 4) is 0 Å². The quantitative estimate of drug-likeness (QED) is 0.390. The second-order valence-corrected chi connectivity index (χ2v) is 14.9. The first-order chi connectivity index (χ1) is 20.6. The number of hydrogen-bond donors (Lipinski definition) is 1. The van der Waals surface area contributed by atoms with E-state index >= 15 is 0 Å². The van der Waals surface area contributed by atoms with Gasteiger partial charge in [-0.3, -0.25) is 0 Å². The molecule has 3 amide bonds. The Morgan fingerprint density at radius 3 is 1.82 bits per heavy atom. The number of benzene rings is 1. The van der Waals surface area contributed by atoms with Crippen LogP contribution in [0.15, 0.2) is 30.3 Å². The van der Waals surface area contributed by atoms with E-state index in [1.165, 1.54) is 6.42 Å². The van der Waals surface area contributed by atoms with Crippen LogP contribution in [0.1, 0.15) is 85.6 Å². The SMILES string of the molecule is CN(C(=O)OC(C)(C)C)C1([C@@H]2CCN(C(=O)OCc3ccccc3)C2)CC1.CN(C(=O)OC(C)(C)C)C1([C@@H]2CCNC2)CC1. The molecule has 2 aliphatic heterocycles. The Bertz CT molecular complexity index is 1150. The van der Waals surface area contributed by atoms with Crippen LogP contribution in [0.4, 0.5) is 14.4 Å². The van der Waals surface area contributed by atoms with Crippen LogP contribution in [0.25, 0.3) is 0 Å². The summed E-state index contributed by atoms with van der Waals surface area (Å²) < 4.78 is 16.4. The molecular formula is C34H54N4O6. The van der Waals surface area contributed by atoms with Crippen LogP contribution in [-0.4, -0.2) is 95.5 Å². The van der Waals surface area contributed by atoms with Gasteiger partial charge in [0.25, 0.3) is 0 Å². The summed E-state index contributed by atoms with van der Waals surface area (Å²) in [5, 5.41) is 3.38. The number of carbonyl (C=O) groups is 3. The molecule has 1 N–H and O–H groups in total. The first kappa shape index (κ1) is 33.9. The molecule has 2 heterocycles. The minimum absolute atomic E-state index is 0.0752. The molecule has 0 bridgehead atoms. The van der Waals surface area contributed by atoms with Crippen molar-refractivity contribution in [2.75, 3.05) is 40.3 Å². The van der Waals surface area contributed by atoms with Crippen LogP contribution < -0.4 is 5.32 Å². The lowest BCUT2D eigenvalue weighted by molar-refractivity contribution is 0.0119. The zero-order chi connectivity index (χ0) is 32.3. The molecule has 1 aromatic carbocycles. The van der Waals surface area contributed by atoms with Crippen LogP contribution in [0.3, 0.4) is 0 Å². The summed E-state index contributed by atoms with van der Waals surface area (Å²) in [7, 11) is 3.71. The molecule has 5 rings (SSSR count). The molecule has 2 saturated carbocycles. The predicted octanol–water partition coefficient (Wildman–Crippen LogP) is 6.04. The van der Waals surface area contributed by atoms with Crippen molar-refractivity contribution >= 4 is 18.3 Å². The Morgan fingerprint density at radius 2 is 1.36 bits per heavy atom. The van der Waals surface area contributed by atoms with Gasteiger partial charge in [0, 0.05) is 39.6 Å². The molecule has 2 atom stereocenters. The van der Waals surface area contributed by atoms with Gasteiger partial charge < -0.3 is 34.2 Å². The third-order valence-corrected chi connectivity index (χ3v) is 9.43. The summed E-state index contributed by atoms with van der Waals surface area (Å²) in [4.78, 5) is 42.3. The molecule has 4 aliphatic rings. The van der Waals surface area contributed by atoms with Gasteiger partial charge in [0.05, 0.1) is 11.1 Å². The maximum atomic E-state index is 12.5. The van der Waals surface area contributed by atoms with E-state index < -0.39 is 11.2 Å². The van der Waals surface area contributed by atoms with Crippen LogP contribution in [0.5, 0.6) is 0 Å². The van der Waals surface area contributed by atoms with E-state index in [4.69, 9.17) is 14.2 Å². The number of likely N-dealkylation sites (tertiary alicyclic amines) is 1. The van der Waals surface area contributed by atoms with Crippen LogP contribution in [0.2, 0.25) is 0 Å². The highest BCUT2D eigenvalue weighted by atomic mass is 16.6. The van der Waals surface area contributed by atoms with Crippen molar-refractivity contribution in [3.05, 3.63) is 35.9 Å². The number of ether oxygens (including phenoxy) is 3. The zero-order valence-electron chi connectivity index (χ0n) is 28.1. The highest BCUT2D eigenvalue weighted by Gasteiger charge is 2.57. The van der Waals surface area contributed by atoms with E-state index in [2.05, 4.69) is 5.32 Å². The molecular weight excluding hydrogens is 560 g/mol. The highest BCUT2D eigenvalue weighted by molar-refractivity contribution is 5.71. The molecule has 0 spiro atoms. The average Bonchev–Trinajstić information content (AvgIpc) is 3.81. The van der Waals surface area contributed by atoms with Crippen molar-refractivity contribution in [2.24, 2.45) is 11.8 Å². The van der Waals surface area contributed by atoms with Crippen LogP contribution in [-0.2, 0) is 20.8 Å². The van der Waals surface area contributed by atoms with Crippen molar-refractivity contribution in [2.45, 2.75) is 109 Å². The summed E-state index contributed by atoms with van der Waals surface area (Å²) in [6, 6.07) is 9.67. The molecule has 10 nitrogen and oxygen atoms in total. The summed E-state index contributed by atoms with van der Waals surface area (Å²) in [5.74, 6) is 0.860. The van der Waals surface area contributed by atoms with Crippen molar-refractivity contribution < 1.29 is 28.6 Å².